The van der Waals surface area contributed by atoms with Crippen LogP contribution in [0.2, 0.25) is 0 Å². The molecule has 136 valence electrons. The lowest BCUT2D eigenvalue weighted by Crippen LogP contribution is -2.39. The highest BCUT2D eigenvalue weighted by Crippen LogP contribution is 2.27. The second kappa shape index (κ2) is 8.65. The second-order valence-electron chi connectivity index (χ2n) is 6.15. The lowest BCUT2D eigenvalue weighted by Gasteiger charge is -2.37. The Hall–Kier alpha value is -2.37. The molecule has 0 radical (unpaired) electrons. The zero-order chi connectivity index (χ0) is 18.4. The first kappa shape index (κ1) is 19.0. The summed E-state index contributed by atoms with van der Waals surface area (Å²) in [4.78, 5) is 6.21. The molecule has 6 heteroatoms. The zero-order valence-corrected chi connectivity index (χ0v) is 14.7. The third kappa shape index (κ3) is 4.81. The highest BCUT2D eigenvalue weighted by molar-refractivity contribution is 5.79. The zero-order valence-electron chi connectivity index (χ0n) is 14.7. The molecule has 2 N–H and O–H groups in total. The number of piperidine rings is 1. The first-order valence-corrected chi connectivity index (χ1v) is 8.35. The van der Waals surface area contributed by atoms with Gasteiger partial charge in [0.2, 0.25) is 0 Å². The Bertz CT molecular complexity index is 665. The van der Waals surface area contributed by atoms with Crippen LogP contribution >= 0.6 is 0 Å². The van der Waals surface area contributed by atoms with E-state index in [1.54, 1.807) is 19.5 Å². The monoisotopic (exact) mass is 349 g/mol. The van der Waals surface area contributed by atoms with Gasteiger partial charge < -0.3 is 15.4 Å². The lowest BCUT2D eigenvalue weighted by molar-refractivity contribution is 0.110. The van der Waals surface area contributed by atoms with Crippen molar-refractivity contribution in [1.82, 2.24) is 4.90 Å². The topological polar surface area (TPSA) is 50.8 Å². The van der Waals surface area contributed by atoms with E-state index in [2.05, 4.69) is 16.5 Å². The third-order valence-corrected chi connectivity index (χ3v) is 4.51. The molecule has 0 spiro atoms. The van der Waals surface area contributed by atoms with Crippen LogP contribution in [-0.4, -0.2) is 37.4 Å². The van der Waals surface area contributed by atoms with Crippen LogP contribution in [0.3, 0.4) is 0 Å². The molecular weight excluding hydrogens is 324 g/mol. The fourth-order valence-electron chi connectivity index (χ4n) is 2.93. The maximum absolute atomic E-state index is 13.7. The van der Waals surface area contributed by atoms with Crippen LogP contribution in [0.1, 0.15) is 19.8 Å². The predicted molar refractivity (Wildman–Crippen MR) is 96.6 cm³/mol. The van der Waals surface area contributed by atoms with E-state index in [4.69, 9.17) is 10.5 Å². The van der Waals surface area contributed by atoms with Gasteiger partial charge in [-0.05, 0) is 23.9 Å². The number of benzene rings is 1. The number of hydrogen-bond acceptors (Lipinski definition) is 4. The fraction of sp³-hybridized carbons (Fsp3) is 0.421. The van der Waals surface area contributed by atoms with Crippen LogP contribution in [0, 0.1) is 17.6 Å². The summed E-state index contributed by atoms with van der Waals surface area (Å²) < 4.78 is 32.3. The average Bonchev–Trinajstić information content (AvgIpc) is 2.61. The van der Waals surface area contributed by atoms with Gasteiger partial charge in [-0.1, -0.05) is 13.5 Å². The largest absolute Gasteiger partial charge is 0.487 e. The number of aliphatic imine (C=N–C) groups is 1. The molecule has 1 unspecified atom stereocenters. The molecule has 0 saturated carbocycles. The number of allylic oxidation sites excluding steroid dienone is 1. The lowest BCUT2D eigenvalue weighted by atomic mass is 9.96. The summed E-state index contributed by atoms with van der Waals surface area (Å²) in [6.45, 7) is 7.75. The molecule has 1 atom stereocenters. The molecule has 1 heterocycles. The van der Waals surface area contributed by atoms with E-state index in [0.717, 1.165) is 43.3 Å². The van der Waals surface area contributed by atoms with Crippen LogP contribution in [0.5, 0.6) is 5.75 Å². The van der Waals surface area contributed by atoms with Gasteiger partial charge in [0.15, 0.2) is 11.6 Å². The van der Waals surface area contributed by atoms with Gasteiger partial charge in [-0.25, -0.2) is 8.78 Å². The molecule has 4 nitrogen and oxygen atoms in total. The molecule has 1 aliphatic rings. The van der Waals surface area contributed by atoms with Crippen molar-refractivity contribution in [2.24, 2.45) is 16.6 Å². The SMILES string of the molecule is C=C(C(C)/C(C=NC)=C/N)N1CCC(Oc2ccc(F)cc2F)CC1. The quantitative estimate of drug-likeness (QED) is 0.800. The first-order valence-electron chi connectivity index (χ1n) is 8.35. The van der Waals surface area contributed by atoms with Gasteiger partial charge in [0.05, 0.1) is 0 Å². The van der Waals surface area contributed by atoms with Crippen molar-refractivity contribution >= 4 is 6.21 Å². The average molecular weight is 349 g/mol. The molecule has 1 saturated heterocycles. The smallest absolute Gasteiger partial charge is 0.167 e. The summed E-state index contributed by atoms with van der Waals surface area (Å²) in [5, 5.41) is 0. The number of likely N-dealkylation sites (tertiary alicyclic amines) is 1. The van der Waals surface area contributed by atoms with Crippen molar-refractivity contribution in [1.29, 1.82) is 0 Å². The second-order valence-corrected chi connectivity index (χ2v) is 6.15. The third-order valence-electron chi connectivity index (χ3n) is 4.51. The highest BCUT2D eigenvalue weighted by Gasteiger charge is 2.25. The number of hydrogen-bond donors (Lipinski definition) is 1. The molecule has 2 rings (SSSR count). The molecule has 0 aromatic heterocycles. The predicted octanol–water partition coefficient (Wildman–Crippen LogP) is 3.50. The number of ether oxygens (including phenoxy) is 1. The molecule has 1 aromatic rings. The van der Waals surface area contributed by atoms with E-state index in [1.165, 1.54) is 12.1 Å². The van der Waals surface area contributed by atoms with Crippen molar-refractivity contribution in [3.8, 4) is 5.75 Å². The summed E-state index contributed by atoms with van der Waals surface area (Å²) in [6.07, 6.45) is 4.68. The van der Waals surface area contributed by atoms with Gasteiger partial charge in [-0.15, -0.1) is 0 Å². The van der Waals surface area contributed by atoms with E-state index in [9.17, 15) is 8.78 Å². The summed E-state index contributed by atoms with van der Waals surface area (Å²) in [5.74, 6) is -1.11. The fourth-order valence-corrected chi connectivity index (χ4v) is 2.93. The number of rotatable bonds is 6. The minimum Gasteiger partial charge on any atom is -0.487 e. The van der Waals surface area contributed by atoms with Crippen LogP contribution in [0.15, 0.2) is 47.2 Å². The van der Waals surface area contributed by atoms with E-state index < -0.39 is 11.6 Å². The van der Waals surface area contributed by atoms with Crippen molar-refractivity contribution in [3.63, 3.8) is 0 Å². The molecular formula is C19H25F2N3O. The van der Waals surface area contributed by atoms with E-state index in [1.807, 2.05) is 6.92 Å². The molecule has 0 bridgehead atoms. The minimum absolute atomic E-state index is 0.0701. The van der Waals surface area contributed by atoms with Crippen LogP contribution in [-0.2, 0) is 0 Å². The van der Waals surface area contributed by atoms with Crippen molar-refractivity contribution in [3.05, 3.63) is 53.9 Å². The van der Waals surface area contributed by atoms with Crippen LogP contribution in [0.4, 0.5) is 8.78 Å². The Morgan fingerprint density at radius 3 is 2.64 bits per heavy atom. The van der Waals surface area contributed by atoms with Crippen molar-refractivity contribution < 1.29 is 13.5 Å². The Morgan fingerprint density at radius 1 is 1.40 bits per heavy atom. The van der Waals surface area contributed by atoms with Gasteiger partial charge >= 0.3 is 0 Å². The number of halogens is 2. The van der Waals surface area contributed by atoms with Crippen LogP contribution in [0.25, 0.3) is 0 Å². The summed E-state index contributed by atoms with van der Waals surface area (Å²) in [7, 11) is 1.70. The Kier molecular flexibility index (Phi) is 6.56. The normalized spacial score (nSPS) is 17.8. The van der Waals surface area contributed by atoms with Gasteiger partial charge in [-0.3, -0.25) is 4.99 Å². The van der Waals surface area contributed by atoms with E-state index in [-0.39, 0.29) is 17.8 Å². The number of nitrogens with two attached hydrogens (primary N) is 1. The van der Waals surface area contributed by atoms with Crippen molar-refractivity contribution in [2.45, 2.75) is 25.9 Å². The van der Waals surface area contributed by atoms with Crippen molar-refractivity contribution in [2.75, 3.05) is 20.1 Å². The maximum atomic E-state index is 13.7. The first-order chi connectivity index (χ1) is 12.0. The van der Waals surface area contributed by atoms with E-state index in [0.29, 0.717) is 0 Å². The standard InChI is InChI=1S/C19H25F2N3O/c1-13(15(11-22)12-23-3)14(2)24-8-6-17(7-9-24)25-19-5-4-16(20)10-18(19)21/h4-5,10-13,17H,2,6-9,22H2,1,3H3/b15-11+,23-12?. The van der Waals surface area contributed by atoms with E-state index >= 15 is 0 Å². The molecule has 0 amide bonds. The van der Waals surface area contributed by atoms with Gasteiger partial charge in [0.25, 0.3) is 0 Å². The molecule has 1 aromatic carbocycles. The summed E-state index contributed by atoms with van der Waals surface area (Å²) >= 11 is 0. The Morgan fingerprint density at radius 2 is 2.08 bits per heavy atom. The Balaban J connectivity index is 1.91. The molecule has 1 aliphatic heterocycles. The molecule has 1 fully saturated rings. The minimum atomic E-state index is -0.669. The molecule has 0 aliphatic carbocycles. The van der Waals surface area contributed by atoms with Gasteiger partial charge in [0.1, 0.15) is 11.9 Å². The van der Waals surface area contributed by atoms with Gasteiger partial charge in [0, 0.05) is 56.9 Å². The number of nitrogens with zero attached hydrogens (tertiary/aromatic N) is 2. The van der Waals surface area contributed by atoms with Crippen LogP contribution < -0.4 is 10.5 Å². The molecule has 25 heavy (non-hydrogen) atoms. The summed E-state index contributed by atoms with van der Waals surface area (Å²) in [6, 6.07) is 3.37. The van der Waals surface area contributed by atoms with Gasteiger partial charge in [-0.2, -0.15) is 0 Å². The Labute approximate surface area is 147 Å². The maximum Gasteiger partial charge on any atom is 0.167 e. The highest BCUT2D eigenvalue weighted by atomic mass is 19.1. The summed E-state index contributed by atoms with van der Waals surface area (Å²) in [5.41, 5.74) is 7.56.